The van der Waals surface area contributed by atoms with Crippen LogP contribution in [0.3, 0.4) is 0 Å². The van der Waals surface area contributed by atoms with Crippen molar-refractivity contribution in [2.45, 2.75) is 45.2 Å². The minimum atomic E-state index is -4.49. The van der Waals surface area contributed by atoms with Gasteiger partial charge in [0, 0.05) is 30.6 Å². The van der Waals surface area contributed by atoms with Crippen LogP contribution in [0.15, 0.2) is 97.1 Å². The predicted molar refractivity (Wildman–Crippen MR) is 187 cm³/mol. The number of hydrogen-bond acceptors (Lipinski definition) is 6. The minimum absolute atomic E-state index is 0.118. The van der Waals surface area contributed by atoms with E-state index in [-0.39, 0.29) is 43.1 Å². The highest BCUT2D eigenvalue weighted by atomic mass is 19.4. The molecule has 0 atom stereocenters. The summed E-state index contributed by atoms with van der Waals surface area (Å²) < 4.78 is 50.8. The number of esters is 1. The van der Waals surface area contributed by atoms with Gasteiger partial charge in [0.25, 0.3) is 5.91 Å². The van der Waals surface area contributed by atoms with E-state index in [0.717, 1.165) is 12.1 Å². The fourth-order valence-corrected chi connectivity index (χ4v) is 5.71. The molecule has 0 bridgehead atoms. The van der Waals surface area contributed by atoms with Gasteiger partial charge in [0.05, 0.1) is 30.9 Å². The number of alkyl halides is 3. The number of halogens is 3. The summed E-state index contributed by atoms with van der Waals surface area (Å²) in [6, 6.07) is 24.5. The molecule has 0 aliphatic carbocycles. The van der Waals surface area contributed by atoms with Gasteiger partial charge in [0.1, 0.15) is 5.75 Å². The maximum Gasteiger partial charge on any atom is 0.416 e. The van der Waals surface area contributed by atoms with Crippen molar-refractivity contribution in [3.8, 4) is 16.9 Å². The molecule has 4 aromatic rings. The SMILES string of the molecule is CCNC(=O)C(CCOC(=O)Cc1cccc(NC(=O)c2ccccc2-c2ccc(C(F)(F)F)cc2)c1OCC)(C(=O)NCC)c1ccccc1. The van der Waals surface area contributed by atoms with Crippen LogP contribution < -0.4 is 20.7 Å². The summed E-state index contributed by atoms with van der Waals surface area (Å²) in [7, 11) is 0. The first-order chi connectivity index (χ1) is 24.5. The predicted octanol–water partition coefficient (Wildman–Crippen LogP) is 6.71. The van der Waals surface area contributed by atoms with Gasteiger partial charge in [-0.25, -0.2) is 0 Å². The molecule has 0 fully saturated rings. The van der Waals surface area contributed by atoms with Crippen molar-refractivity contribution in [2.24, 2.45) is 0 Å². The van der Waals surface area contributed by atoms with Gasteiger partial charge in [0.2, 0.25) is 11.8 Å². The summed E-state index contributed by atoms with van der Waals surface area (Å²) in [6.45, 7) is 5.78. The lowest BCUT2D eigenvalue weighted by Gasteiger charge is -2.31. The Morgan fingerprint density at radius 3 is 1.94 bits per heavy atom. The van der Waals surface area contributed by atoms with Gasteiger partial charge in [0.15, 0.2) is 5.41 Å². The van der Waals surface area contributed by atoms with E-state index in [1.54, 1.807) is 93.6 Å². The third-order valence-electron chi connectivity index (χ3n) is 8.12. The quantitative estimate of drug-likeness (QED) is 0.0935. The average molecular weight is 704 g/mol. The summed E-state index contributed by atoms with van der Waals surface area (Å²) in [5.41, 5.74) is -0.248. The van der Waals surface area contributed by atoms with E-state index in [1.807, 2.05) is 0 Å². The van der Waals surface area contributed by atoms with Crippen molar-refractivity contribution in [3.63, 3.8) is 0 Å². The standard InChI is InChI=1S/C39H40F3N3O6/c1-4-43-36(48)38(37(49)44-5-2,28-14-8-7-9-15-28)23-24-51-33(46)25-27-13-12-18-32(34(27)50-6-3)45-35(47)31-17-11-10-16-30(31)26-19-21-29(22-20-26)39(40,41)42/h7-22H,4-6,23-25H2,1-3H3,(H,43,48)(H,44,49)(H,45,47). The fraction of sp³-hybridized carbons (Fsp3) is 0.282. The molecule has 12 heteroatoms. The number of ether oxygens (including phenoxy) is 2. The minimum Gasteiger partial charge on any atom is -0.491 e. The smallest absolute Gasteiger partial charge is 0.416 e. The Morgan fingerprint density at radius 2 is 1.33 bits per heavy atom. The topological polar surface area (TPSA) is 123 Å². The normalized spacial score (nSPS) is 11.3. The highest BCUT2D eigenvalue weighted by Crippen LogP contribution is 2.34. The van der Waals surface area contributed by atoms with E-state index in [4.69, 9.17) is 9.47 Å². The summed E-state index contributed by atoms with van der Waals surface area (Å²) in [4.78, 5) is 53.6. The van der Waals surface area contributed by atoms with Crippen LogP contribution in [0.4, 0.5) is 18.9 Å². The molecule has 268 valence electrons. The molecule has 4 rings (SSSR count). The Bertz CT molecular complexity index is 1810. The first-order valence-electron chi connectivity index (χ1n) is 16.6. The van der Waals surface area contributed by atoms with Gasteiger partial charge in [-0.15, -0.1) is 0 Å². The molecule has 4 aromatic carbocycles. The first-order valence-corrected chi connectivity index (χ1v) is 16.6. The van der Waals surface area contributed by atoms with Crippen LogP contribution in [-0.4, -0.2) is 50.0 Å². The van der Waals surface area contributed by atoms with Gasteiger partial charge in [-0.3, -0.25) is 19.2 Å². The van der Waals surface area contributed by atoms with E-state index in [1.165, 1.54) is 12.1 Å². The second-order valence-electron chi connectivity index (χ2n) is 11.4. The van der Waals surface area contributed by atoms with Crippen LogP contribution in [0.1, 0.15) is 54.2 Å². The van der Waals surface area contributed by atoms with E-state index in [9.17, 15) is 32.3 Å². The number of likely N-dealkylation sites (N-methyl/N-ethyl adjacent to an activating group) is 2. The number of rotatable bonds is 15. The Kier molecular flexibility index (Phi) is 13.0. The zero-order valence-corrected chi connectivity index (χ0v) is 28.6. The number of nitrogens with one attached hydrogen (secondary N) is 3. The Balaban J connectivity index is 1.53. The molecule has 0 heterocycles. The third kappa shape index (κ3) is 9.13. The Labute approximate surface area is 294 Å². The number of anilines is 1. The van der Waals surface area contributed by atoms with Crippen LogP contribution in [0.5, 0.6) is 5.75 Å². The number of carbonyl (C=O) groups excluding carboxylic acids is 4. The fourth-order valence-electron chi connectivity index (χ4n) is 5.71. The van der Waals surface area contributed by atoms with Crippen LogP contribution in [-0.2, 0) is 37.1 Å². The second kappa shape index (κ2) is 17.3. The van der Waals surface area contributed by atoms with Crippen molar-refractivity contribution < 1.29 is 41.8 Å². The molecule has 0 aliphatic heterocycles. The van der Waals surface area contributed by atoms with Gasteiger partial charge in [-0.2, -0.15) is 13.2 Å². The lowest BCUT2D eigenvalue weighted by atomic mass is 9.75. The molecule has 0 saturated carbocycles. The number of hydrogen-bond donors (Lipinski definition) is 3. The van der Waals surface area contributed by atoms with Crippen LogP contribution in [0.2, 0.25) is 0 Å². The summed E-state index contributed by atoms with van der Waals surface area (Å²) >= 11 is 0. The molecule has 0 spiro atoms. The van der Waals surface area contributed by atoms with Crippen molar-refractivity contribution >= 4 is 29.4 Å². The molecule has 0 aromatic heterocycles. The highest BCUT2D eigenvalue weighted by Gasteiger charge is 2.47. The molecule has 9 nitrogen and oxygen atoms in total. The maximum absolute atomic E-state index is 13.6. The van der Waals surface area contributed by atoms with Crippen LogP contribution in [0, 0.1) is 0 Å². The van der Waals surface area contributed by atoms with Gasteiger partial charge >= 0.3 is 12.1 Å². The summed E-state index contributed by atoms with van der Waals surface area (Å²) in [5.74, 6) is -1.99. The zero-order valence-electron chi connectivity index (χ0n) is 28.6. The highest BCUT2D eigenvalue weighted by molar-refractivity contribution is 6.11. The Hall–Kier alpha value is -5.65. The molecule has 0 unspecified atom stereocenters. The first kappa shape index (κ1) is 38.2. The van der Waals surface area contributed by atoms with Crippen molar-refractivity contribution in [1.29, 1.82) is 0 Å². The van der Waals surface area contributed by atoms with E-state index in [2.05, 4.69) is 16.0 Å². The van der Waals surface area contributed by atoms with Crippen molar-refractivity contribution in [1.82, 2.24) is 10.6 Å². The average Bonchev–Trinajstić information content (AvgIpc) is 3.11. The van der Waals surface area contributed by atoms with Gasteiger partial charge in [-0.05, 0) is 61.7 Å². The third-order valence-corrected chi connectivity index (χ3v) is 8.12. The largest absolute Gasteiger partial charge is 0.491 e. The lowest BCUT2D eigenvalue weighted by molar-refractivity contribution is -0.147. The molecule has 0 aliphatic rings. The molecule has 0 saturated heterocycles. The van der Waals surface area contributed by atoms with Gasteiger partial charge in [-0.1, -0.05) is 72.8 Å². The number of carbonyl (C=O) groups is 4. The zero-order chi connectivity index (χ0) is 37.0. The van der Waals surface area contributed by atoms with Crippen molar-refractivity contribution in [2.75, 3.05) is 31.6 Å². The van der Waals surface area contributed by atoms with Crippen LogP contribution in [0.25, 0.3) is 11.1 Å². The molecular weight excluding hydrogens is 663 g/mol. The maximum atomic E-state index is 13.6. The molecular formula is C39H40F3N3O6. The number of para-hydroxylation sites is 1. The monoisotopic (exact) mass is 703 g/mol. The Morgan fingerprint density at radius 1 is 0.706 bits per heavy atom. The summed E-state index contributed by atoms with van der Waals surface area (Å²) in [6.07, 6.45) is -4.86. The molecule has 0 radical (unpaired) electrons. The summed E-state index contributed by atoms with van der Waals surface area (Å²) in [5, 5.41) is 8.31. The second-order valence-corrected chi connectivity index (χ2v) is 11.4. The van der Waals surface area contributed by atoms with E-state index < -0.39 is 40.8 Å². The molecule has 3 amide bonds. The number of benzene rings is 4. The van der Waals surface area contributed by atoms with Gasteiger partial charge < -0.3 is 25.4 Å². The van der Waals surface area contributed by atoms with Crippen molar-refractivity contribution in [3.05, 3.63) is 119 Å². The number of amides is 3. The molecule has 3 N–H and O–H groups in total. The van der Waals surface area contributed by atoms with E-state index >= 15 is 0 Å². The molecule has 51 heavy (non-hydrogen) atoms. The lowest BCUT2D eigenvalue weighted by Crippen LogP contribution is -2.55. The van der Waals surface area contributed by atoms with E-state index in [0.29, 0.717) is 35.3 Å². The van der Waals surface area contributed by atoms with Crippen LogP contribution >= 0.6 is 0 Å².